The monoisotopic (exact) mass is 431 g/mol. The Morgan fingerprint density at radius 2 is 1.72 bits per heavy atom. The van der Waals surface area contributed by atoms with Crippen LogP contribution in [-0.2, 0) is 6.54 Å². The van der Waals surface area contributed by atoms with Gasteiger partial charge in [0.1, 0.15) is 0 Å². The fraction of sp³-hybridized carbons (Fsp3) is 0.263. The van der Waals surface area contributed by atoms with Crippen LogP contribution >= 0.6 is 23.2 Å². The van der Waals surface area contributed by atoms with Crippen molar-refractivity contribution in [1.82, 2.24) is 30.0 Å². The highest BCUT2D eigenvalue weighted by atomic mass is 35.5. The maximum Gasteiger partial charge on any atom is 0.321 e. The van der Waals surface area contributed by atoms with E-state index in [9.17, 15) is 4.79 Å². The Morgan fingerprint density at radius 1 is 1.00 bits per heavy atom. The number of para-hydroxylation sites is 1. The van der Waals surface area contributed by atoms with E-state index in [0.29, 0.717) is 35.4 Å². The van der Waals surface area contributed by atoms with Crippen LogP contribution in [0.2, 0.25) is 10.0 Å². The number of hydrogen-bond acceptors (Lipinski definition) is 5. The molecule has 1 saturated heterocycles. The van der Waals surface area contributed by atoms with E-state index in [4.69, 9.17) is 23.2 Å². The molecule has 0 radical (unpaired) electrons. The maximum atomic E-state index is 12.5. The number of benzene rings is 2. The summed E-state index contributed by atoms with van der Waals surface area (Å²) >= 11 is 12.1. The molecular weight excluding hydrogens is 413 g/mol. The molecule has 0 unspecified atom stereocenters. The van der Waals surface area contributed by atoms with Crippen LogP contribution in [0.1, 0.15) is 5.82 Å². The number of carbonyl (C=O) groups is 1. The zero-order valence-electron chi connectivity index (χ0n) is 15.5. The molecule has 1 fully saturated rings. The molecular formula is C19H19Cl2N7O. The summed E-state index contributed by atoms with van der Waals surface area (Å²) in [5.74, 6) is 0.737. The number of amides is 2. The standard InChI is InChI=1S/C19H19Cl2N7O/c20-14-5-7-15(8-6-14)28-18(23-24-25-28)13-26-9-11-27(12-10-26)19(29)22-17-4-2-1-3-16(17)21/h1-8H,9-13H2,(H,22,29). The number of hydrogen-bond donors (Lipinski definition) is 1. The molecule has 8 nitrogen and oxygen atoms in total. The minimum atomic E-state index is -0.149. The number of tetrazole rings is 1. The number of rotatable bonds is 4. The highest BCUT2D eigenvalue weighted by molar-refractivity contribution is 6.33. The summed E-state index contributed by atoms with van der Waals surface area (Å²) in [5, 5.41) is 16.1. The lowest BCUT2D eigenvalue weighted by molar-refractivity contribution is 0.140. The van der Waals surface area contributed by atoms with Crippen LogP contribution < -0.4 is 5.32 Å². The molecule has 29 heavy (non-hydrogen) atoms. The van der Waals surface area contributed by atoms with Gasteiger partial charge < -0.3 is 10.2 Å². The van der Waals surface area contributed by atoms with Crippen molar-refractivity contribution >= 4 is 34.9 Å². The van der Waals surface area contributed by atoms with Crippen LogP contribution in [0.15, 0.2) is 48.5 Å². The smallest absolute Gasteiger partial charge is 0.321 e. The normalized spacial score (nSPS) is 14.8. The molecule has 1 aliphatic heterocycles. The fourth-order valence-electron chi connectivity index (χ4n) is 3.15. The molecule has 2 amide bonds. The first kappa shape index (κ1) is 19.6. The Kier molecular flexibility index (Phi) is 5.94. The van der Waals surface area contributed by atoms with Crippen molar-refractivity contribution < 1.29 is 4.79 Å². The van der Waals surface area contributed by atoms with Crippen LogP contribution in [-0.4, -0.2) is 62.2 Å². The van der Waals surface area contributed by atoms with Crippen LogP contribution in [0, 0.1) is 0 Å². The van der Waals surface area contributed by atoms with E-state index in [1.807, 2.05) is 24.3 Å². The SMILES string of the molecule is O=C(Nc1ccccc1Cl)N1CCN(Cc2nnnn2-c2ccc(Cl)cc2)CC1. The van der Waals surface area contributed by atoms with E-state index in [1.165, 1.54) is 0 Å². The number of aromatic nitrogens is 4. The van der Waals surface area contributed by atoms with Crippen molar-refractivity contribution in [2.75, 3.05) is 31.5 Å². The molecule has 1 aromatic heterocycles. The molecule has 0 atom stereocenters. The molecule has 1 aliphatic rings. The zero-order chi connectivity index (χ0) is 20.2. The number of halogens is 2. The van der Waals surface area contributed by atoms with Crippen LogP contribution in [0.25, 0.3) is 5.69 Å². The zero-order valence-corrected chi connectivity index (χ0v) is 17.0. The molecule has 150 valence electrons. The van der Waals surface area contributed by atoms with Gasteiger partial charge in [0.05, 0.1) is 22.9 Å². The van der Waals surface area contributed by atoms with Gasteiger partial charge in [-0.05, 0) is 46.8 Å². The van der Waals surface area contributed by atoms with Gasteiger partial charge in [0.25, 0.3) is 0 Å². The summed E-state index contributed by atoms with van der Waals surface area (Å²) in [4.78, 5) is 16.5. The first-order valence-electron chi connectivity index (χ1n) is 9.16. The number of anilines is 1. The maximum absolute atomic E-state index is 12.5. The lowest BCUT2D eigenvalue weighted by Crippen LogP contribution is -2.49. The lowest BCUT2D eigenvalue weighted by atomic mass is 10.3. The molecule has 10 heteroatoms. The van der Waals surface area contributed by atoms with Crippen LogP contribution in [0.3, 0.4) is 0 Å². The summed E-state index contributed by atoms with van der Waals surface area (Å²) in [6.45, 7) is 3.26. The second-order valence-electron chi connectivity index (χ2n) is 6.66. The third kappa shape index (κ3) is 4.67. The Labute approximate surface area is 178 Å². The molecule has 2 aromatic carbocycles. The Balaban J connectivity index is 1.34. The van der Waals surface area contributed by atoms with E-state index in [2.05, 4.69) is 25.7 Å². The van der Waals surface area contributed by atoms with E-state index in [1.54, 1.807) is 33.8 Å². The third-order valence-electron chi connectivity index (χ3n) is 4.75. The summed E-state index contributed by atoms with van der Waals surface area (Å²) < 4.78 is 1.70. The average Bonchev–Trinajstić information content (AvgIpc) is 3.19. The summed E-state index contributed by atoms with van der Waals surface area (Å²) in [5.41, 5.74) is 1.47. The molecule has 0 bridgehead atoms. The molecule has 0 aliphatic carbocycles. The van der Waals surface area contributed by atoms with Crippen molar-refractivity contribution in [1.29, 1.82) is 0 Å². The number of nitrogens with one attached hydrogen (secondary N) is 1. The van der Waals surface area contributed by atoms with Gasteiger partial charge in [-0.2, -0.15) is 4.68 Å². The number of carbonyl (C=O) groups excluding carboxylic acids is 1. The molecule has 1 N–H and O–H groups in total. The largest absolute Gasteiger partial charge is 0.322 e. The Morgan fingerprint density at radius 3 is 2.45 bits per heavy atom. The third-order valence-corrected chi connectivity index (χ3v) is 5.33. The predicted molar refractivity (Wildman–Crippen MR) is 111 cm³/mol. The highest BCUT2D eigenvalue weighted by Gasteiger charge is 2.23. The molecule has 4 rings (SSSR count). The van der Waals surface area contributed by atoms with E-state index in [-0.39, 0.29) is 6.03 Å². The second-order valence-corrected chi connectivity index (χ2v) is 7.50. The van der Waals surface area contributed by atoms with Crippen LogP contribution in [0.4, 0.5) is 10.5 Å². The Hall–Kier alpha value is -2.68. The molecule has 0 saturated carbocycles. The van der Waals surface area contributed by atoms with E-state index >= 15 is 0 Å². The van der Waals surface area contributed by atoms with Gasteiger partial charge in [-0.15, -0.1) is 5.10 Å². The summed E-state index contributed by atoms with van der Waals surface area (Å²) in [6.07, 6.45) is 0. The van der Waals surface area contributed by atoms with Gasteiger partial charge in [-0.25, -0.2) is 4.79 Å². The van der Waals surface area contributed by atoms with Gasteiger partial charge in [-0.1, -0.05) is 35.3 Å². The topological polar surface area (TPSA) is 79.2 Å². The van der Waals surface area contributed by atoms with E-state index in [0.717, 1.165) is 24.6 Å². The van der Waals surface area contributed by atoms with Crippen molar-refractivity contribution in [3.63, 3.8) is 0 Å². The first-order valence-corrected chi connectivity index (χ1v) is 9.92. The number of piperazine rings is 1. The first-order chi connectivity index (χ1) is 14.1. The van der Waals surface area contributed by atoms with Gasteiger partial charge in [0, 0.05) is 31.2 Å². The molecule has 2 heterocycles. The van der Waals surface area contributed by atoms with Crippen LogP contribution in [0.5, 0.6) is 0 Å². The van der Waals surface area contributed by atoms with Gasteiger partial charge in [-0.3, -0.25) is 4.90 Å². The van der Waals surface area contributed by atoms with Crippen molar-refractivity contribution in [3.05, 3.63) is 64.4 Å². The number of nitrogens with zero attached hydrogens (tertiary/aromatic N) is 6. The minimum Gasteiger partial charge on any atom is -0.322 e. The van der Waals surface area contributed by atoms with Crippen molar-refractivity contribution in [2.45, 2.75) is 6.54 Å². The van der Waals surface area contributed by atoms with Gasteiger partial charge in [0.15, 0.2) is 5.82 Å². The molecule has 3 aromatic rings. The van der Waals surface area contributed by atoms with Crippen molar-refractivity contribution in [2.24, 2.45) is 0 Å². The molecule has 0 spiro atoms. The van der Waals surface area contributed by atoms with Gasteiger partial charge >= 0.3 is 6.03 Å². The quantitative estimate of drug-likeness (QED) is 0.685. The number of urea groups is 1. The lowest BCUT2D eigenvalue weighted by Gasteiger charge is -2.34. The second kappa shape index (κ2) is 8.77. The van der Waals surface area contributed by atoms with Gasteiger partial charge in [0.2, 0.25) is 0 Å². The van der Waals surface area contributed by atoms with Crippen molar-refractivity contribution in [3.8, 4) is 5.69 Å². The Bertz CT molecular complexity index is 984. The average molecular weight is 432 g/mol. The summed E-state index contributed by atoms with van der Waals surface area (Å²) in [7, 11) is 0. The minimum absolute atomic E-state index is 0.149. The predicted octanol–water partition coefficient (Wildman–Crippen LogP) is 3.32. The van der Waals surface area contributed by atoms with E-state index < -0.39 is 0 Å². The fourth-order valence-corrected chi connectivity index (χ4v) is 3.46. The highest BCUT2D eigenvalue weighted by Crippen LogP contribution is 2.21. The summed E-state index contributed by atoms with van der Waals surface area (Å²) in [6, 6.07) is 14.4.